The third-order valence-corrected chi connectivity index (χ3v) is 8.67. The molecule has 0 fully saturated rings. The summed E-state index contributed by atoms with van der Waals surface area (Å²) in [5, 5.41) is 1.39. The van der Waals surface area contributed by atoms with E-state index < -0.39 is 8.07 Å². The molecule has 0 amide bonds. The molecule has 0 rings (SSSR count). The lowest BCUT2D eigenvalue weighted by atomic mass is 9.99. The summed E-state index contributed by atoms with van der Waals surface area (Å²) >= 11 is 3.41. The largest absolute Gasteiger partial charge is 0.138 e. The van der Waals surface area contributed by atoms with Crippen molar-refractivity contribution in [2.24, 2.45) is 5.92 Å². The molecular formula is C12H23BrSi. The van der Waals surface area contributed by atoms with Gasteiger partial charge in [-0.2, -0.15) is 0 Å². The summed E-state index contributed by atoms with van der Waals surface area (Å²) in [4.78, 5) is 0. The Labute approximate surface area is 99.0 Å². The van der Waals surface area contributed by atoms with Crippen LogP contribution in [0.2, 0.25) is 18.1 Å². The van der Waals surface area contributed by atoms with Gasteiger partial charge in [0.15, 0.2) is 0 Å². The fourth-order valence-corrected chi connectivity index (χ4v) is 3.74. The first-order valence-electron chi connectivity index (χ1n) is 5.31. The number of hydrogen-bond acceptors (Lipinski definition) is 0. The minimum absolute atomic E-state index is 0.395. The van der Waals surface area contributed by atoms with Crippen LogP contribution in [0.25, 0.3) is 0 Å². The molecule has 0 spiro atoms. The first-order chi connectivity index (χ1) is 6.25. The van der Waals surface area contributed by atoms with E-state index in [1.165, 1.54) is 0 Å². The lowest BCUT2D eigenvalue weighted by Gasteiger charge is -2.39. The zero-order chi connectivity index (χ0) is 11.4. The van der Waals surface area contributed by atoms with Gasteiger partial charge in [-0.15, -0.1) is 11.5 Å². The van der Waals surface area contributed by atoms with Crippen LogP contribution in [0.3, 0.4) is 0 Å². The fourth-order valence-electron chi connectivity index (χ4n) is 1.21. The van der Waals surface area contributed by atoms with Crippen LogP contribution in [-0.4, -0.2) is 13.4 Å². The number of alkyl halides is 1. The monoisotopic (exact) mass is 274 g/mol. The Morgan fingerprint density at radius 2 is 1.79 bits per heavy atom. The van der Waals surface area contributed by atoms with E-state index in [-0.39, 0.29) is 0 Å². The smallest absolute Gasteiger partial charge is 0.131 e. The van der Waals surface area contributed by atoms with Crippen molar-refractivity contribution in [1.82, 2.24) is 0 Å². The first kappa shape index (κ1) is 14.3. The molecule has 0 saturated heterocycles. The molecule has 0 aliphatic rings. The van der Waals surface area contributed by atoms with Gasteiger partial charge in [0.25, 0.3) is 0 Å². The molecule has 0 atom stereocenters. The Balaban J connectivity index is 4.70. The van der Waals surface area contributed by atoms with E-state index in [0.29, 0.717) is 11.0 Å². The van der Waals surface area contributed by atoms with Gasteiger partial charge in [-0.05, 0) is 11.0 Å². The highest BCUT2D eigenvalue weighted by Gasteiger charge is 2.40. The van der Waals surface area contributed by atoms with Crippen molar-refractivity contribution >= 4 is 24.0 Å². The average Bonchev–Trinajstić information content (AvgIpc) is 2.04. The van der Waals surface area contributed by atoms with Gasteiger partial charge in [-0.3, -0.25) is 0 Å². The minimum Gasteiger partial charge on any atom is -0.131 e. The van der Waals surface area contributed by atoms with Crippen LogP contribution in [0.4, 0.5) is 0 Å². The molecule has 0 nitrogen and oxygen atoms in total. The summed E-state index contributed by atoms with van der Waals surface area (Å²) < 4.78 is 0. The molecule has 0 aromatic heterocycles. The zero-order valence-electron chi connectivity index (χ0n) is 10.4. The predicted molar refractivity (Wildman–Crippen MR) is 72.5 cm³/mol. The van der Waals surface area contributed by atoms with Gasteiger partial charge in [0, 0.05) is 11.8 Å². The number of halogens is 1. The third-order valence-electron chi connectivity index (χ3n) is 3.67. The molecular weight excluding hydrogens is 252 g/mol. The van der Waals surface area contributed by atoms with Gasteiger partial charge in [-0.1, -0.05) is 56.7 Å². The summed E-state index contributed by atoms with van der Waals surface area (Å²) in [6, 6.07) is 0. The van der Waals surface area contributed by atoms with E-state index in [0.717, 1.165) is 11.8 Å². The van der Waals surface area contributed by atoms with Crippen molar-refractivity contribution in [2.45, 2.75) is 52.2 Å². The molecule has 14 heavy (non-hydrogen) atoms. The Hall–Kier alpha value is 0.257. The van der Waals surface area contributed by atoms with E-state index in [9.17, 15) is 0 Å². The quantitative estimate of drug-likeness (QED) is 0.405. The van der Waals surface area contributed by atoms with Gasteiger partial charge >= 0.3 is 0 Å². The third kappa shape index (κ3) is 3.44. The standard InChI is InChI=1S/C12H23BrSi/c1-11(2)12(3,4)14(5,6)10-8-7-9-13/h11H,7,9H2,1-6H3. The number of hydrogen-bond donors (Lipinski definition) is 0. The highest BCUT2D eigenvalue weighted by Crippen LogP contribution is 2.43. The van der Waals surface area contributed by atoms with E-state index in [1.54, 1.807) is 0 Å². The van der Waals surface area contributed by atoms with E-state index in [1.807, 2.05) is 0 Å². The molecule has 0 bridgehead atoms. The molecule has 0 aliphatic heterocycles. The summed E-state index contributed by atoms with van der Waals surface area (Å²) in [5.74, 6) is 4.01. The van der Waals surface area contributed by atoms with Crippen molar-refractivity contribution in [3.8, 4) is 11.5 Å². The summed E-state index contributed by atoms with van der Waals surface area (Å²) in [6.07, 6.45) is 0.977. The van der Waals surface area contributed by atoms with E-state index >= 15 is 0 Å². The van der Waals surface area contributed by atoms with E-state index in [4.69, 9.17) is 0 Å². The summed E-state index contributed by atoms with van der Waals surface area (Å²) in [7, 11) is -1.41. The molecule has 0 aromatic rings. The second-order valence-electron chi connectivity index (χ2n) is 5.24. The highest BCUT2D eigenvalue weighted by molar-refractivity contribution is 9.09. The van der Waals surface area contributed by atoms with Gasteiger partial charge < -0.3 is 0 Å². The maximum Gasteiger partial charge on any atom is 0.138 e. The minimum atomic E-state index is -1.41. The van der Waals surface area contributed by atoms with Gasteiger partial charge in [0.2, 0.25) is 0 Å². The van der Waals surface area contributed by atoms with Crippen molar-refractivity contribution in [2.75, 3.05) is 5.33 Å². The average molecular weight is 275 g/mol. The number of rotatable bonds is 3. The molecule has 2 heteroatoms. The van der Waals surface area contributed by atoms with Crippen LogP contribution in [0.15, 0.2) is 0 Å². The lowest BCUT2D eigenvalue weighted by molar-refractivity contribution is 0.462. The summed E-state index contributed by atoms with van der Waals surface area (Å²) in [6.45, 7) is 14.1. The maximum absolute atomic E-state index is 3.54. The second-order valence-corrected chi connectivity index (χ2v) is 10.8. The zero-order valence-corrected chi connectivity index (χ0v) is 13.0. The van der Waals surface area contributed by atoms with Gasteiger partial charge in [0.05, 0.1) is 0 Å². The Bertz CT molecular complexity index is 230. The first-order valence-corrected chi connectivity index (χ1v) is 9.44. The molecule has 0 saturated carbocycles. The molecule has 0 radical (unpaired) electrons. The topological polar surface area (TPSA) is 0 Å². The van der Waals surface area contributed by atoms with Crippen LogP contribution in [0, 0.1) is 17.4 Å². The molecule has 82 valence electrons. The van der Waals surface area contributed by atoms with Gasteiger partial charge in [-0.25, -0.2) is 0 Å². The van der Waals surface area contributed by atoms with Crippen LogP contribution in [0.5, 0.6) is 0 Å². The van der Waals surface area contributed by atoms with E-state index in [2.05, 4.69) is 68.2 Å². The second kappa shape index (κ2) is 5.37. The van der Waals surface area contributed by atoms with Crippen LogP contribution in [0.1, 0.15) is 34.1 Å². The van der Waals surface area contributed by atoms with Crippen LogP contribution in [-0.2, 0) is 0 Å². The van der Waals surface area contributed by atoms with Crippen LogP contribution >= 0.6 is 15.9 Å². The molecule has 0 aromatic carbocycles. The van der Waals surface area contributed by atoms with Gasteiger partial charge in [0.1, 0.15) is 8.07 Å². The lowest BCUT2D eigenvalue weighted by Crippen LogP contribution is -2.41. The normalized spacial score (nSPS) is 12.6. The van der Waals surface area contributed by atoms with Crippen molar-refractivity contribution in [1.29, 1.82) is 0 Å². The van der Waals surface area contributed by atoms with Crippen molar-refractivity contribution in [3.05, 3.63) is 0 Å². The Morgan fingerprint density at radius 3 is 2.14 bits per heavy atom. The predicted octanol–water partition coefficient (Wildman–Crippen LogP) is 4.46. The highest BCUT2D eigenvalue weighted by atomic mass is 79.9. The molecule has 0 unspecified atom stereocenters. The SMILES string of the molecule is CC(C)C(C)(C)[Si](C)(C)C#CCCBr. The van der Waals surface area contributed by atoms with Crippen molar-refractivity contribution < 1.29 is 0 Å². The van der Waals surface area contributed by atoms with Crippen molar-refractivity contribution in [3.63, 3.8) is 0 Å². The van der Waals surface area contributed by atoms with Crippen LogP contribution < -0.4 is 0 Å². The molecule has 0 N–H and O–H groups in total. The molecule has 0 aliphatic carbocycles. The maximum atomic E-state index is 3.54. The Morgan fingerprint density at radius 1 is 1.29 bits per heavy atom. The molecule has 0 heterocycles. The Kier molecular flexibility index (Phi) is 5.47. The summed E-state index contributed by atoms with van der Waals surface area (Å²) in [5.41, 5.74) is 3.54. The fraction of sp³-hybridized carbons (Fsp3) is 0.833.